The maximum absolute atomic E-state index is 12.3. The van der Waals surface area contributed by atoms with Gasteiger partial charge in [-0.3, -0.25) is 4.79 Å². The Kier molecular flexibility index (Phi) is 5.01. The summed E-state index contributed by atoms with van der Waals surface area (Å²) < 4.78 is 9.72. The number of anilines is 1. The second kappa shape index (κ2) is 6.95. The van der Waals surface area contributed by atoms with Crippen molar-refractivity contribution in [3.8, 4) is 5.75 Å². The summed E-state index contributed by atoms with van der Waals surface area (Å²) in [6, 6.07) is 11.3. The summed E-state index contributed by atoms with van der Waals surface area (Å²) in [6.07, 6.45) is 0. The molecule has 0 aromatic heterocycles. The maximum atomic E-state index is 12.3. The number of esters is 1. The Morgan fingerprint density at radius 1 is 1.09 bits per heavy atom. The number of ether oxygens (including phenoxy) is 2. The second-order valence-corrected chi connectivity index (χ2v) is 4.75. The van der Waals surface area contributed by atoms with E-state index in [2.05, 4.69) is 10.1 Å². The van der Waals surface area contributed by atoms with Crippen molar-refractivity contribution in [3.63, 3.8) is 0 Å². The molecule has 0 heterocycles. The smallest absolute Gasteiger partial charge is 0.339 e. The highest BCUT2D eigenvalue weighted by molar-refractivity contribution is 6.32. The molecule has 1 amide bonds. The van der Waals surface area contributed by atoms with Crippen LogP contribution in [-0.4, -0.2) is 26.1 Å². The van der Waals surface area contributed by atoms with Gasteiger partial charge in [-0.05, 0) is 30.3 Å². The SMILES string of the molecule is COC(=O)c1ccccc1NC(=O)c1ccc(OC)c(Cl)c1. The second-order valence-electron chi connectivity index (χ2n) is 4.34. The van der Waals surface area contributed by atoms with Gasteiger partial charge in [0.05, 0.1) is 30.5 Å². The molecule has 0 aliphatic rings. The number of carbonyl (C=O) groups is 2. The first-order valence-corrected chi connectivity index (χ1v) is 6.77. The minimum Gasteiger partial charge on any atom is -0.495 e. The van der Waals surface area contributed by atoms with E-state index in [1.807, 2.05) is 0 Å². The first-order chi connectivity index (χ1) is 10.6. The van der Waals surface area contributed by atoms with Crippen LogP contribution in [0, 0.1) is 0 Å². The number of hydrogen-bond acceptors (Lipinski definition) is 4. The van der Waals surface area contributed by atoms with E-state index in [0.717, 1.165) is 0 Å². The molecule has 0 spiro atoms. The lowest BCUT2D eigenvalue weighted by Gasteiger charge is -2.10. The molecule has 22 heavy (non-hydrogen) atoms. The Labute approximate surface area is 132 Å². The van der Waals surface area contributed by atoms with Crippen LogP contribution in [-0.2, 0) is 4.74 Å². The van der Waals surface area contributed by atoms with Gasteiger partial charge in [-0.2, -0.15) is 0 Å². The van der Waals surface area contributed by atoms with Gasteiger partial charge in [0.2, 0.25) is 0 Å². The number of hydrogen-bond donors (Lipinski definition) is 1. The van der Waals surface area contributed by atoms with Crippen molar-refractivity contribution in [1.29, 1.82) is 0 Å². The van der Waals surface area contributed by atoms with Crippen LogP contribution in [0.15, 0.2) is 42.5 Å². The molecule has 2 aromatic rings. The number of rotatable bonds is 4. The standard InChI is InChI=1S/C16H14ClNO4/c1-21-14-8-7-10(9-12(14)17)15(19)18-13-6-4-3-5-11(13)16(20)22-2/h3-9H,1-2H3,(H,18,19). The maximum Gasteiger partial charge on any atom is 0.339 e. The molecule has 0 fully saturated rings. The lowest BCUT2D eigenvalue weighted by molar-refractivity contribution is 0.0602. The number of nitrogens with one attached hydrogen (secondary N) is 1. The summed E-state index contributed by atoms with van der Waals surface area (Å²) in [5, 5.41) is 3.00. The van der Waals surface area contributed by atoms with Crippen molar-refractivity contribution in [2.75, 3.05) is 19.5 Å². The molecule has 0 saturated carbocycles. The zero-order valence-corrected chi connectivity index (χ0v) is 12.8. The third-order valence-electron chi connectivity index (χ3n) is 2.99. The van der Waals surface area contributed by atoms with Crippen LogP contribution < -0.4 is 10.1 Å². The third kappa shape index (κ3) is 3.38. The van der Waals surface area contributed by atoms with E-state index in [9.17, 15) is 9.59 Å². The summed E-state index contributed by atoms with van der Waals surface area (Å²) in [7, 11) is 2.78. The van der Waals surface area contributed by atoms with Gasteiger partial charge >= 0.3 is 5.97 Å². The van der Waals surface area contributed by atoms with Crippen LogP contribution in [0.25, 0.3) is 0 Å². The molecule has 114 valence electrons. The lowest BCUT2D eigenvalue weighted by atomic mass is 10.1. The molecular weight excluding hydrogens is 306 g/mol. The number of carbonyl (C=O) groups excluding carboxylic acids is 2. The van der Waals surface area contributed by atoms with Crippen LogP contribution >= 0.6 is 11.6 Å². The van der Waals surface area contributed by atoms with Crippen LogP contribution in [0.1, 0.15) is 20.7 Å². The van der Waals surface area contributed by atoms with Gasteiger partial charge in [0, 0.05) is 5.56 Å². The number of halogens is 1. The molecule has 2 aromatic carbocycles. The van der Waals surface area contributed by atoms with Gasteiger partial charge in [-0.25, -0.2) is 4.79 Å². The first kappa shape index (κ1) is 15.9. The molecule has 0 aliphatic heterocycles. The van der Waals surface area contributed by atoms with E-state index in [4.69, 9.17) is 16.3 Å². The van der Waals surface area contributed by atoms with Gasteiger partial charge in [0.15, 0.2) is 0 Å². The quantitative estimate of drug-likeness (QED) is 0.877. The van der Waals surface area contributed by atoms with Crippen molar-refractivity contribution < 1.29 is 19.1 Å². The topological polar surface area (TPSA) is 64.6 Å². The first-order valence-electron chi connectivity index (χ1n) is 6.39. The minimum atomic E-state index is -0.524. The minimum absolute atomic E-state index is 0.276. The Balaban J connectivity index is 2.26. The fraction of sp³-hybridized carbons (Fsp3) is 0.125. The van der Waals surface area contributed by atoms with Crippen LogP contribution in [0.2, 0.25) is 5.02 Å². The van der Waals surface area contributed by atoms with Crippen molar-refractivity contribution >= 4 is 29.2 Å². The number of amides is 1. The highest BCUT2D eigenvalue weighted by Gasteiger charge is 2.15. The predicted octanol–water partition coefficient (Wildman–Crippen LogP) is 3.39. The summed E-state index contributed by atoms with van der Waals surface area (Å²) in [6.45, 7) is 0. The molecular formula is C16H14ClNO4. The summed E-state index contributed by atoms with van der Waals surface area (Å²) in [5.74, 6) is -0.433. The Hall–Kier alpha value is -2.53. The molecule has 0 atom stereocenters. The fourth-order valence-electron chi connectivity index (χ4n) is 1.88. The van der Waals surface area contributed by atoms with Gasteiger partial charge in [0.25, 0.3) is 5.91 Å². The van der Waals surface area contributed by atoms with E-state index >= 15 is 0 Å². The van der Waals surface area contributed by atoms with E-state index in [1.54, 1.807) is 36.4 Å². The molecule has 0 saturated heterocycles. The lowest BCUT2D eigenvalue weighted by Crippen LogP contribution is -2.15. The van der Waals surface area contributed by atoms with Gasteiger partial charge in [-0.15, -0.1) is 0 Å². The van der Waals surface area contributed by atoms with Crippen LogP contribution in [0.4, 0.5) is 5.69 Å². The van der Waals surface area contributed by atoms with Gasteiger partial charge in [-0.1, -0.05) is 23.7 Å². The van der Waals surface area contributed by atoms with Crippen LogP contribution in [0.3, 0.4) is 0 Å². The largest absolute Gasteiger partial charge is 0.495 e. The summed E-state index contributed by atoms with van der Waals surface area (Å²) in [5.41, 5.74) is 0.995. The Bertz CT molecular complexity index is 715. The van der Waals surface area contributed by atoms with E-state index < -0.39 is 5.97 Å². The van der Waals surface area contributed by atoms with Crippen molar-refractivity contribution in [1.82, 2.24) is 0 Å². The van der Waals surface area contributed by atoms with Crippen LogP contribution in [0.5, 0.6) is 5.75 Å². The highest BCUT2D eigenvalue weighted by Crippen LogP contribution is 2.25. The van der Waals surface area contributed by atoms with Crippen molar-refractivity contribution in [2.24, 2.45) is 0 Å². The van der Waals surface area contributed by atoms with Crippen molar-refractivity contribution in [2.45, 2.75) is 0 Å². The molecule has 1 N–H and O–H groups in total. The Morgan fingerprint density at radius 2 is 1.82 bits per heavy atom. The predicted molar refractivity (Wildman–Crippen MR) is 83.7 cm³/mol. The van der Waals surface area contributed by atoms with E-state index in [-0.39, 0.29) is 11.5 Å². The van der Waals surface area contributed by atoms with E-state index in [0.29, 0.717) is 22.0 Å². The number of benzene rings is 2. The monoisotopic (exact) mass is 319 g/mol. The zero-order valence-electron chi connectivity index (χ0n) is 12.1. The molecule has 6 heteroatoms. The third-order valence-corrected chi connectivity index (χ3v) is 3.29. The highest BCUT2D eigenvalue weighted by atomic mass is 35.5. The molecule has 0 aliphatic carbocycles. The fourth-order valence-corrected chi connectivity index (χ4v) is 2.14. The van der Waals surface area contributed by atoms with Gasteiger partial charge in [0.1, 0.15) is 5.75 Å². The Morgan fingerprint density at radius 3 is 2.45 bits per heavy atom. The van der Waals surface area contributed by atoms with E-state index in [1.165, 1.54) is 20.3 Å². The molecule has 0 bridgehead atoms. The molecule has 5 nitrogen and oxygen atoms in total. The normalized spacial score (nSPS) is 9.95. The average molecular weight is 320 g/mol. The van der Waals surface area contributed by atoms with Crippen molar-refractivity contribution in [3.05, 3.63) is 58.6 Å². The number of para-hydroxylation sites is 1. The summed E-state index contributed by atoms with van der Waals surface area (Å²) >= 11 is 6.00. The zero-order chi connectivity index (χ0) is 16.1. The molecule has 0 radical (unpaired) electrons. The average Bonchev–Trinajstić information content (AvgIpc) is 2.54. The van der Waals surface area contributed by atoms with Gasteiger partial charge < -0.3 is 14.8 Å². The molecule has 0 unspecified atom stereocenters. The molecule has 2 rings (SSSR count). The summed E-state index contributed by atoms with van der Waals surface area (Å²) in [4.78, 5) is 23.9. The number of methoxy groups -OCH3 is 2.